The Labute approximate surface area is 162 Å². The van der Waals surface area contributed by atoms with Gasteiger partial charge in [0.2, 0.25) is 0 Å². The Kier molecular flexibility index (Phi) is 7.74. The number of guanidine groups is 1. The molecule has 1 heterocycles. The van der Waals surface area contributed by atoms with Crippen LogP contribution in [0, 0.1) is 6.92 Å². The molecule has 0 unspecified atom stereocenters. The van der Waals surface area contributed by atoms with Crippen molar-refractivity contribution in [1.29, 1.82) is 0 Å². The van der Waals surface area contributed by atoms with Crippen LogP contribution in [0.1, 0.15) is 24.0 Å². The minimum absolute atomic E-state index is 0.200. The van der Waals surface area contributed by atoms with E-state index >= 15 is 0 Å². The number of hydrogen-bond donors (Lipinski definition) is 1. The van der Waals surface area contributed by atoms with Gasteiger partial charge in [-0.1, -0.05) is 0 Å². The predicted molar refractivity (Wildman–Crippen MR) is 107 cm³/mol. The van der Waals surface area contributed by atoms with E-state index in [0.717, 1.165) is 54.6 Å². The van der Waals surface area contributed by atoms with E-state index in [4.69, 9.17) is 18.9 Å². The maximum absolute atomic E-state index is 5.80. The van der Waals surface area contributed by atoms with E-state index in [2.05, 4.69) is 22.1 Å². The summed E-state index contributed by atoms with van der Waals surface area (Å²) in [4.78, 5) is 6.52. The molecular formula is C20H33N3O4. The lowest BCUT2D eigenvalue weighted by molar-refractivity contribution is -0.0857. The Balaban J connectivity index is 2.06. The number of benzene rings is 1. The van der Waals surface area contributed by atoms with Crippen LogP contribution < -0.4 is 14.8 Å². The highest BCUT2D eigenvalue weighted by Crippen LogP contribution is 2.30. The molecule has 0 spiro atoms. The summed E-state index contributed by atoms with van der Waals surface area (Å²) in [6.07, 6.45) is 1.76. The predicted octanol–water partition coefficient (Wildman–Crippen LogP) is 2.22. The van der Waals surface area contributed by atoms with Crippen LogP contribution in [0.3, 0.4) is 0 Å². The molecule has 7 nitrogen and oxygen atoms in total. The van der Waals surface area contributed by atoms with E-state index in [1.165, 1.54) is 0 Å². The Morgan fingerprint density at radius 3 is 2.37 bits per heavy atom. The van der Waals surface area contributed by atoms with Crippen LogP contribution in [0.25, 0.3) is 0 Å². The minimum Gasteiger partial charge on any atom is -0.493 e. The minimum atomic E-state index is -0.200. The highest BCUT2D eigenvalue weighted by molar-refractivity contribution is 5.79. The van der Waals surface area contributed by atoms with Crippen LogP contribution in [0.5, 0.6) is 11.5 Å². The summed E-state index contributed by atoms with van der Waals surface area (Å²) in [6, 6.07) is 4.02. The first-order chi connectivity index (χ1) is 13.0. The molecule has 1 aromatic rings. The molecule has 0 saturated carbocycles. The van der Waals surface area contributed by atoms with Crippen molar-refractivity contribution in [2.45, 2.75) is 31.9 Å². The van der Waals surface area contributed by atoms with E-state index in [0.29, 0.717) is 13.1 Å². The zero-order valence-electron chi connectivity index (χ0n) is 17.4. The van der Waals surface area contributed by atoms with Gasteiger partial charge in [-0.25, -0.2) is 0 Å². The number of hydrogen-bond acceptors (Lipinski definition) is 5. The summed E-state index contributed by atoms with van der Waals surface area (Å²) in [7, 11) is 8.89. The number of nitrogens with one attached hydrogen (secondary N) is 1. The largest absolute Gasteiger partial charge is 0.493 e. The quantitative estimate of drug-likeness (QED) is 0.579. The smallest absolute Gasteiger partial charge is 0.193 e. The molecule has 1 saturated heterocycles. The maximum atomic E-state index is 5.80. The molecule has 27 heavy (non-hydrogen) atoms. The van der Waals surface area contributed by atoms with Crippen molar-refractivity contribution in [3.63, 3.8) is 0 Å². The van der Waals surface area contributed by atoms with Crippen molar-refractivity contribution < 1.29 is 18.9 Å². The second-order valence-corrected chi connectivity index (χ2v) is 6.89. The Morgan fingerprint density at radius 2 is 1.81 bits per heavy atom. The SMILES string of the molecule is CN=C(NCC1(OC)CCOCC1)N(C)Cc1cc(OC)c(OC)cc1C. The molecule has 1 N–H and O–H groups in total. The van der Waals surface area contributed by atoms with E-state index in [9.17, 15) is 0 Å². The van der Waals surface area contributed by atoms with Gasteiger partial charge < -0.3 is 29.2 Å². The third-order valence-corrected chi connectivity index (χ3v) is 5.23. The Bertz CT molecular complexity index is 642. The van der Waals surface area contributed by atoms with Crippen molar-refractivity contribution in [2.24, 2.45) is 4.99 Å². The summed E-state index contributed by atoms with van der Waals surface area (Å²) in [5.74, 6) is 2.30. The summed E-state index contributed by atoms with van der Waals surface area (Å²) >= 11 is 0. The molecule has 1 aromatic carbocycles. The van der Waals surface area contributed by atoms with Gasteiger partial charge in [-0.3, -0.25) is 4.99 Å². The summed E-state index contributed by atoms with van der Waals surface area (Å²) in [5, 5.41) is 3.46. The van der Waals surface area contributed by atoms with Gasteiger partial charge in [0, 0.05) is 60.4 Å². The first-order valence-electron chi connectivity index (χ1n) is 9.24. The lowest BCUT2D eigenvalue weighted by Gasteiger charge is -2.37. The molecule has 1 fully saturated rings. The molecule has 0 amide bonds. The number of ether oxygens (including phenoxy) is 4. The fraction of sp³-hybridized carbons (Fsp3) is 0.650. The molecule has 1 aliphatic rings. The molecule has 0 bridgehead atoms. The van der Waals surface area contributed by atoms with Gasteiger partial charge in [0.05, 0.1) is 19.8 Å². The fourth-order valence-corrected chi connectivity index (χ4v) is 3.34. The zero-order valence-corrected chi connectivity index (χ0v) is 17.4. The first-order valence-corrected chi connectivity index (χ1v) is 9.24. The number of rotatable bonds is 7. The van der Waals surface area contributed by atoms with Gasteiger partial charge in [-0.05, 0) is 30.2 Å². The first kappa shape index (κ1) is 21.3. The molecule has 152 valence electrons. The average Bonchev–Trinajstić information content (AvgIpc) is 2.70. The number of methoxy groups -OCH3 is 3. The second-order valence-electron chi connectivity index (χ2n) is 6.89. The van der Waals surface area contributed by atoms with Crippen molar-refractivity contribution in [3.05, 3.63) is 23.3 Å². The van der Waals surface area contributed by atoms with Crippen LogP contribution in [-0.2, 0) is 16.0 Å². The van der Waals surface area contributed by atoms with Crippen molar-refractivity contribution in [1.82, 2.24) is 10.2 Å². The van der Waals surface area contributed by atoms with Gasteiger partial charge in [-0.15, -0.1) is 0 Å². The third kappa shape index (κ3) is 5.26. The second kappa shape index (κ2) is 9.80. The third-order valence-electron chi connectivity index (χ3n) is 5.23. The zero-order chi connectivity index (χ0) is 19.9. The van der Waals surface area contributed by atoms with E-state index in [-0.39, 0.29) is 5.60 Å². The average molecular weight is 380 g/mol. The van der Waals surface area contributed by atoms with Gasteiger partial charge in [0.1, 0.15) is 0 Å². The highest BCUT2D eigenvalue weighted by atomic mass is 16.5. The Morgan fingerprint density at radius 1 is 1.19 bits per heavy atom. The van der Waals surface area contributed by atoms with Crippen molar-refractivity contribution in [2.75, 3.05) is 55.2 Å². The molecule has 7 heteroatoms. The van der Waals surface area contributed by atoms with Gasteiger partial charge in [-0.2, -0.15) is 0 Å². The molecule has 0 atom stereocenters. The van der Waals surface area contributed by atoms with Crippen LogP contribution in [0.15, 0.2) is 17.1 Å². The standard InChI is InChI=1S/C20H33N3O4/c1-15-11-17(24-4)18(25-5)12-16(15)13-23(3)19(21-2)22-14-20(26-6)7-9-27-10-8-20/h11-12H,7-10,13-14H2,1-6H3,(H,21,22). The van der Waals surface area contributed by atoms with Gasteiger partial charge in [0.25, 0.3) is 0 Å². The van der Waals surface area contributed by atoms with E-state index in [1.54, 1.807) is 28.4 Å². The van der Waals surface area contributed by atoms with Crippen LogP contribution in [0.2, 0.25) is 0 Å². The summed E-state index contributed by atoms with van der Waals surface area (Å²) in [6.45, 7) is 4.94. The van der Waals surface area contributed by atoms with Crippen LogP contribution in [-0.4, -0.2) is 71.6 Å². The fourth-order valence-electron chi connectivity index (χ4n) is 3.34. The number of nitrogens with zero attached hydrogens (tertiary/aromatic N) is 2. The van der Waals surface area contributed by atoms with Crippen molar-refractivity contribution in [3.8, 4) is 11.5 Å². The molecular weight excluding hydrogens is 346 g/mol. The van der Waals surface area contributed by atoms with E-state index in [1.807, 2.05) is 19.2 Å². The number of aliphatic imine (C=N–C) groups is 1. The molecule has 2 rings (SSSR count). The van der Waals surface area contributed by atoms with Crippen LogP contribution in [0.4, 0.5) is 0 Å². The maximum Gasteiger partial charge on any atom is 0.193 e. The molecule has 0 aromatic heterocycles. The normalized spacial score (nSPS) is 16.7. The monoisotopic (exact) mass is 379 g/mol. The Hall–Kier alpha value is -1.99. The summed E-state index contributed by atoms with van der Waals surface area (Å²) in [5.41, 5.74) is 2.10. The van der Waals surface area contributed by atoms with Crippen molar-refractivity contribution >= 4 is 5.96 Å². The lowest BCUT2D eigenvalue weighted by atomic mass is 9.94. The van der Waals surface area contributed by atoms with Gasteiger partial charge in [0.15, 0.2) is 17.5 Å². The molecule has 1 aliphatic heterocycles. The lowest BCUT2D eigenvalue weighted by Crippen LogP contribution is -2.51. The van der Waals surface area contributed by atoms with Crippen LogP contribution >= 0.6 is 0 Å². The number of aryl methyl sites for hydroxylation is 1. The topological polar surface area (TPSA) is 64.6 Å². The summed E-state index contributed by atoms with van der Waals surface area (Å²) < 4.78 is 22.1. The molecule has 0 radical (unpaired) electrons. The highest BCUT2D eigenvalue weighted by Gasteiger charge is 2.32. The van der Waals surface area contributed by atoms with Gasteiger partial charge >= 0.3 is 0 Å². The molecule has 0 aliphatic carbocycles. The van der Waals surface area contributed by atoms with E-state index < -0.39 is 0 Å².